The van der Waals surface area contributed by atoms with Gasteiger partial charge in [-0.25, -0.2) is 4.57 Å². The number of ether oxygens (including phenoxy) is 2. The van der Waals surface area contributed by atoms with Crippen molar-refractivity contribution in [3.05, 3.63) is 24.3 Å². The van der Waals surface area contributed by atoms with Gasteiger partial charge in [-0.2, -0.15) is 0 Å². The molecule has 0 spiro atoms. The van der Waals surface area contributed by atoms with Gasteiger partial charge < -0.3 is 35.4 Å². The summed E-state index contributed by atoms with van der Waals surface area (Å²) in [4.78, 5) is 45.7. The normalized spacial score (nSPS) is 15.3. The fourth-order valence-electron chi connectivity index (χ4n) is 5.07. The van der Waals surface area contributed by atoms with Gasteiger partial charge in [-0.15, -0.1) is 0 Å². The van der Waals surface area contributed by atoms with Crippen molar-refractivity contribution in [2.45, 2.75) is 179 Å². The number of allylic oxidation sites excluding steroid dienone is 3. The Bertz CT molecular complexity index is 1020. The molecule has 1 unspecified atom stereocenters. The molecule has 5 atom stereocenters. The summed E-state index contributed by atoms with van der Waals surface area (Å²) in [5, 5.41) is 29.2. The fraction of sp³-hybridized carbons (Fsp3) is 0.816. The predicted octanol–water partition coefficient (Wildman–Crippen LogP) is 7.44. The van der Waals surface area contributed by atoms with Gasteiger partial charge in [0.15, 0.2) is 6.10 Å². The first kappa shape index (κ1) is 49.9. The van der Waals surface area contributed by atoms with E-state index in [1.807, 2.05) is 6.08 Å². The number of aliphatic hydroxyl groups excluding tert-OH is 2. The van der Waals surface area contributed by atoms with E-state index in [0.717, 1.165) is 77.0 Å². The standard InChI is InChI=1S/C38H70NO12P/c1-3-5-7-9-11-12-13-14-15-19-24-28-37(43)51-32(30-49-52(46,47)50-31-33(39)38(44)45)29-48-36(42)27-23-20-16-18-22-26-35(41)34(40)25-21-17-10-8-6-4-2/h9,11,17,21,32-35,40-41H,3-8,10,12-16,18-20,22-31,39H2,1-2H3,(H,44,45)(H,46,47)/b11-9-,21-17-/t32-,33+,34-,35-/m1/s1. The highest BCUT2D eigenvalue weighted by Crippen LogP contribution is 2.43. The number of rotatable bonds is 36. The molecule has 14 heteroatoms. The van der Waals surface area contributed by atoms with Crippen LogP contribution in [0.3, 0.4) is 0 Å². The number of carboxylic acids is 1. The molecule has 304 valence electrons. The van der Waals surface area contributed by atoms with Crippen molar-refractivity contribution < 1.29 is 57.7 Å². The molecule has 0 aromatic carbocycles. The molecule has 0 bridgehead atoms. The molecule has 0 heterocycles. The predicted molar refractivity (Wildman–Crippen MR) is 201 cm³/mol. The number of phosphoric acid groups is 1. The van der Waals surface area contributed by atoms with E-state index in [0.29, 0.717) is 25.7 Å². The zero-order valence-electron chi connectivity index (χ0n) is 31.9. The highest BCUT2D eigenvalue weighted by molar-refractivity contribution is 7.47. The first-order chi connectivity index (χ1) is 24.9. The van der Waals surface area contributed by atoms with E-state index in [-0.39, 0.29) is 12.8 Å². The molecule has 0 rings (SSSR count). The fourth-order valence-corrected chi connectivity index (χ4v) is 5.85. The average Bonchev–Trinajstić information content (AvgIpc) is 3.11. The van der Waals surface area contributed by atoms with E-state index in [1.54, 1.807) is 0 Å². The molecule has 13 nitrogen and oxygen atoms in total. The molecule has 52 heavy (non-hydrogen) atoms. The highest BCUT2D eigenvalue weighted by Gasteiger charge is 2.28. The van der Waals surface area contributed by atoms with Gasteiger partial charge in [0.25, 0.3) is 0 Å². The summed E-state index contributed by atoms with van der Waals surface area (Å²) in [7, 11) is -4.74. The molecule has 0 saturated carbocycles. The Morgan fingerprint density at radius 2 is 1.17 bits per heavy atom. The van der Waals surface area contributed by atoms with E-state index in [2.05, 4.69) is 36.6 Å². The van der Waals surface area contributed by atoms with Crippen LogP contribution in [0, 0.1) is 0 Å². The Morgan fingerprint density at radius 3 is 1.81 bits per heavy atom. The van der Waals surface area contributed by atoms with E-state index in [1.165, 1.54) is 25.7 Å². The van der Waals surface area contributed by atoms with Crippen molar-refractivity contribution in [1.82, 2.24) is 0 Å². The molecule has 0 aromatic heterocycles. The van der Waals surface area contributed by atoms with Crippen LogP contribution < -0.4 is 5.73 Å². The lowest BCUT2D eigenvalue weighted by Crippen LogP contribution is -2.34. The number of carbonyl (C=O) groups is 3. The Hall–Kier alpha value is -2.12. The monoisotopic (exact) mass is 763 g/mol. The maximum atomic E-state index is 12.5. The first-order valence-corrected chi connectivity index (χ1v) is 21.0. The van der Waals surface area contributed by atoms with Crippen LogP contribution in [-0.2, 0) is 37.5 Å². The van der Waals surface area contributed by atoms with Crippen molar-refractivity contribution in [1.29, 1.82) is 0 Å². The number of aliphatic carboxylic acids is 1. The second-order valence-corrected chi connectivity index (χ2v) is 14.8. The van der Waals surface area contributed by atoms with Crippen LogP contribution in [-0.4, -0.2) is 82.3 Å². The van der Waals surface area contributed by atoms with E-state index < -0.39 is 69.9 Å². The van der Waals surface area contributed by atoms with Crippen molar-refractivity contribution in [3.8, 4) is 0 Å². The molecule has 0 aliphatic heterocycles. The zero-order chi connectivity index (χ0) is 38.9. The summed E-state index contributed by atoms with van der Waals surface area (Å²) in [5.41, 5.74) is 5.30. The molecule has 0 aliphatic rings. The third kappa shape index (κ3) is 31.4. The summed E-state index contributed by atoms with van der Waals surface area (Å²) in [6, 6.07) is -1.54. The number of nitrogens with two attached hydrogens (primary N) is 1. The largest absolute Gasteiger partial charge is 0.480 e. The van der Waals surface area contributed by atoms with E-state index >= 15 is 0 Å². The Labute approximate surface area is 312 Å². The molecule has 0 aliphatic carbocycles. The average molecular weight is 764 g/mol. The lowest BCUT2D eigenvalue weighted by atomic mass is 10.0. The van der Waals surface area contributed by atoms with Gasteiger partial charge in [0.05, 0.1) is 25.4 Å². The maximum Gasteiger partial charge on any atom is 0.472 e. The third-order valence-electron chi connectivity index (χ3n) is 8.37. The SMILES string of the molecule is CCCC/C=C\CCCCCCCC(=O)O[C@H](COC(=O)CCCCCCC[C@@H](O)[C@H](O)C/C=C\CCCCC)COP(=O)(O)OC[C@H](N)C(=O)O. The number of aliphatic hydroxyl groups is 2. The van der Waals surface area contributed by atoms with Crippen LogP contribution >= 0.6 is 7.82 Å². The number of esters is 2. The van der Waals surface area contributed by atoms with Crippen LogP contribution in [0.15, 0.2) is 24.3 Å². The molecule has 0 saturated heterocycles. The third-order valence-corrected chi connectivity index (χ3v) is 9.32. The van der Waals surface area contributed by atoms with Gasteiger partial charge in [-0.1, -0.05) is 109 Å². The zero-order valence-corrected chi connectivity index (χ0v) is 32.8. The number of hydrogen-bond acceptors (Lipinski definition) is 11. The number of phosphoric ester groups is 1. The summed E-state index contributed by atoms with van der Waals surface area (Å²) in [6.45, 7) is 2.51. The minimum Gasteiger partial charge on any atom is -0.480 e. The maximum absolute atomic E-state index is 12.5. The summed E-state index contributed by atoms with van der Waals surface area (Å²) < 4.78 is 32.4. The summed E-state index contributed by atoms with van der Waals surface area (Å²) in [6.07, 6.45) is 24.2. The van der Waals surface area contributed by atoms with Gasteiger partial charge in [0, 0.05) is 12.8 Å². The molecule has 0 aromatic rings. The van der Waals surface area contributed by atoms with Crippen LogP contribution in [0.2, 0.25) is 0 Å². The van der Waals surface area contributed by atoms with Crippen molar-refractivity contribution >= 4 is 25.7 Å². The molecular formula is C38H70NO12P. The topological polar surface area (TPSA) is 212 Å². The number of carbonyl (C=O) groups excluding carboxylic acids is 2. The smallest absolute Gasteiger partial charge is 0.472 e. The highest BCUT2D eigenvalue weighted by atomic mass is 31.2. The van der Waals surface area contributed by atoms with Crippen LogP contribution in [0.1, 0.15) is 155 Å². The lowest BCUT2D eigenvalue weighted by molar-refractivity contribution is -0.161. The first-order valence-electron chi connectivity index (χ1n) is 19.5. The van der Waals surface area contributed by atoms with Crippen molar-refractivity contribution in [2.24, 2.45) is 5.73 Å². The number of hydrogen-bond donors (Lipinski definition) is 5. The molecule has 0 radical (unpaired) electrons. The van der Waals surface area contributed by atoms with Crippen LogP contribution in [0.4, 0.5) is 0 Å². The van der Waals surface area contributed by atoms with Crippen LogP contribution in [0.25, 0.3) is 0 Å². The Morgan fingerprint density at radius 1 is 0.654 bits per heavy atom. The van der Waals surface area contributed by atoms with Crippen molar-refractivity contribution in [2.75, 3.05) is 19.8 Å². The van der Waals surface area contributed by atoms with E-state index in [4.69, 9.17) is 24.8 Å². The number of carboxylic acid groups (broad SMARTS) is 1. The minimum atomic E-state index is -4.74. The molecular weight excluding hydrogens is 693 g/mol. The second kappa shape index (κ2) is 33.4. The van der Waals surface area contributed by atoms with Gasteiger partial charge in [-0.05, 0) is 57.8 Å². The lowest BCUT2D eigenvalue weighted by Gasteiger charge is -2.20. The summed E-state index contributed by atoms with van der Waals surface area (Å²) in [5.74, 6) is -2.52. The Balaban J connectivity index is 4.54. The quantitative estimate of drug-likeness (QED) is 0.0182. The van der Waals surface area contributed by atoms with Crippen molar-refractivity contribution in [3.63, 3.8) is 0 Å². The second-order valence-electron chi connectivity index (χ2n) is 13.4. The van der Waals surface area contributed by atoms with Gasteiger partial charge in [0.2, 0.25) is 0 Å². The molecule has 0 fully saturated rings. The number of unbranched alkanes of at least 4 members (excludes halogenated alkanes) is 14. The van der Waals surface area contributed by atoms with E-state index in [9.17, 15) is 34.1 Å². The van der Waals surface area contributed by atoms with Gasteiger partial charge >= 0.3 is 25.7 Å². The Kier molecular flexibility index (Phi) is 32.1. The van der Waals surface area contributed by atoms with Gasteiger partial charge in [-0.3, -0.25) is 23.4 Å². The minimum absolute atomic E-state index is 0.119. The van der Waals surface area contributed by atoms with Gasteiger partial charge in [0.1, 0.15) is 12.6 Å². The summed E-state index contributed by atoms with van der Waals surface area (Å²) >= 11 is 0. The molecule has 6 N–H and O–H groups in total. The molecule has 0 amide bonds. The van der Waals surface area contributed by atoms with Crippen LogP contribution in [0.5, 0.6) is 0 Å².